The molecule has 1 rings (SSSR count). The summed E-state index contributed by atoms with van der Waals surface area (Å²) in [5.74, 6) is 0.545. The number of hydrogen-bond donors (Lipinski definition) is 0. The average molecular weight is 254 g/mol. The Morgan fingerprint density at radius 3 is 2.56 bits per heavy atom. The van der Waals surface area contributed by atoms with Gasteiger partial charge in [0.1, 0.15) is 11.8 Å². The molecule has 5 heteroatoms. The summed E-state index contributed by atoms with van der Waals surface area (Å²) in [5.41, 5.74) is 0.500. The fraction of sp³-hybridized carbons (Fsp3) is 0.692. The van der Waals surface area contributed by atoms with Crippen molar-refractivity contribution in [3.63, 3.8) is 0 Å². The molecule has 0 bridgehead atoms. The molecule has 0 amide bonds. The van der Waals surface area contributed by atoms with Crippen molar-refractivity contribution in [1.82, 2.24) is 9.78 Å². The molecule has 0 N–H and O–H groups in total. The van der Waals surface area contributed by atoms with Crippen molar-refractivity contribution in [3.05, 3.63) is 11.9 Å². The van der Waals surface area contributed by atoms with Crippen LogP contribution >= 0.6 is 0 Å². The highest BCUT2D eigenvalue weighted by Gasteiger charge is 2.29. The minimum Gasteiger partial charge on any atom is -0.493 e. The molecule has 0 saturated carbocycles. The fourth-order valence-corrected chi connectivity index (χ4v) is 1.96. The molecule has 0 fully saturated rings. The van der Waals surface area contributed by atoms with Crippen LogP contribution in [0.5, 0.6) is 5.75 Å². The van der Waals surface area contributed by atoms with E-state index in [1.165, 1.54) is 0 Å². The molecule has 0 spiro atoms. The number of rotatable bonds is 7. The predicted molar refractivity (Wildman–Crippen MR) is 69.0 cm³/mol. The number of methoxy groups -OCH3 is 2. The van der Waals surface area contributed by atoms with E-state index < -0.39 is 6.10 Å². The summed E-state index contributed by atoms with van der Waals surface area (Å²) in [5, 5.41) is 4.19. The monoisotopic (exact) mass is 254 g/mol. The second-order valence-electron chi connectivity index (χ2n) is 4.55. The summed E-state index contributed by atoms with van der Waals surface area (Å²) in [4.78, 5) is 12.5. The molecule has 1 unspecified atom stereocenters. The summed E-state index contributed by atoms with van der Waals surface area (Å²) >= 11 is 0. The summed E-state index contributed by atoms with van der Waals surface area (Å²) in [6, 6.07) is 0. The number of aromatic nitrogens is 2. The molecule has 0 aromatic carbocycles. The van der Waals surface area contributed by atoms with Gasteiger partial charge in [-0.15, -0.1) is 0 Å². The second-order valence-corrected chi connectivity index (χ2v) is 4.55. The van der Waals surface area contributed by atoms with Gasteiger partial charge < -0.3 is 9.47 Å². The van der Waals surface area contributed by atoms with E-state index in [-0.39, 0.29) is 11.7 Å². The normalized spacial score (nSPS) is 12.8. The number of carbonyl (C=O) groups excluding carboxylic acids is 1. The minimum absolute atomic E-state index is 0.0738. The first kappa shape index (κ1) is 14.7. The van der Waals surface area contributed by atoms with Crippen LogP contribution in [0.25, 0.3) is 0 Å². The number of ketones is 1. The lowest BCUT2D eigenvalue weighted by molar-refractivity contribution is 0.0445. The second kappa shape index (κ2) is 6.54. The van der Waals surface area contributed by atoms with E-state index in [0.29, 0.717) is 18.0 Å². The van der Waals surface area contributed by atoms with Gasteiger partial charge in [-0.2, -0.15) is 5.10 Å². The van der Waals surface area contributed by atoms with Crippen LogP contribution in [0.15, 0.2) is 6.20 Å². The van der Waals surface area contributed by atoms with Crippen molar-refractivity contribution < 1.29 is 14.3 Å². The third kappa shape index (κ3) is 2.90. The van der Waals surface area contributed by atoms with Crippen molar-refractivity contribution in [1.29, 1.82) is 0 Å². The highest BCUT2D eigenvalue weighted by atomic mass is 16.5. The zero-order chi connectivity index (χ0) is 13.7. The molecule has 0 saturated heterocycles. The standard InChI is InChI=1S/C13H22N2O3/c1-6-7-15-11(10(17-4)8-14-15)12(16)13(18-5)9(2)3/h8-9,13H,6-7H2,1-5H3. The zero-order valence-corrected chi connectivity index (χ0v) is 11.8. The molecular weight excluding hydrogens is 232 g/mol. The minimum atomic E-state index is -0.466. The van der Waals surface area contributed by atoms with Crippen molar-refractivity contribution in [3.8, 4) is 5.75 Å². The van der Waals surface area contributed by atoms with Crippen LogP contribution in [0.2, 0.25) is 0 Å². The maximum atomic E-state index is 12.5. The van der Waals surface area contributed by atoms with Crippen LogP contribution in [-0.2, 0) is 11.3 Å². The van der Waals surface area contributed by atoms with Gasteiger partial charge >= 0.3 is 0 Å². The molecular formula is C13H22N2O3. The SMILES string of the molecule is CCCn1ncc(OC)c1C(=O)C(OC)C(C)C. The van der Waals surface area contributed by atoms with Gasteiger partial charge in [-0.3, -0.25) is 9.48 Å². The van der Waals surface area contributed by atoms with Crippen LogP contribution in [0.1, 0.15) is 37.7 Å². The van der Waals surface area contributed by atoms with Gasteiger partial charge in [-0.1, -0.05) is 20.8 Å². The number of aryl methyl sites for hydroxylation is 1. The van der Waals surface area contributed by atoms with Crippen LogP contribution in [-0.4, -0.2) is 35.9 Å². The van der Waals surface area contributed by atoms with Gasteiger partial charge in [-0.05, 0) is 12.3 Å². The molecule has 0 aliphatic heterocycles. The molecule has 1 heterocycles. The first-order valence-electron chi connectivity index (χ1n) is 6.23. The molecule has 0 radical (unpaired) electrons. The number of ether oxygens (including phenoxy) is 2. The Kier molecular flexibility index (Phi) is 5.34. The van der Waals surface area contributed by atoms with Gasteiger partial charge in [0, 0.05) is 13.7 Å². The van der Waals surface area contributed by atoms with Crippen molar-refractivity contribution >= 4 is 5.78 Å². The van der Waals surface area contributed by atoms with E-state index in [1.807, 2.05) is 20.8 Å². The van der Waals surface area contributed by atoms with Gasteiger partial charge in [0.2, 0.25) is 5.78 Å². The molecule has 102 valence electrons. The fourth-order valence-electron chi connectivity index (χ4n) is 1.96. The predicted octanol–water partition coefficient (Wildman–Crippen LogP) is 2.16. The smallest absolute Gasteiger partial charge is 0.213 e. The molecule has 1 atom stereocenters. The first-order chi connectivity index (χ1) is 8.56. The number of carbonyl (C=O) groups is 1. The third-order valence-electron chi connectivity index (χ3n) is 2.81. The van der Waals surface area contributed by atoms with E-state index in [4.69, 9.17) is 9.47 Å². The van der Waals surface area contributed by atoms with E-state index in [9.17, 15) is 4.79 Å². The average Bonchev–Trinajstić information content (AvgIpc) is 2.72. The van der Waals surface area contributed by atoms with E-state index in [1.54, 1.807) is 25.1 Å². The van der Waals surface area contributed by atoms with Crippen molar-refractivity contribution in [2.24, 2.45) is 5.92 Å². The quantitative estimate of drug-likeness (QED) is 0.700. The Morgan fingerprint density at radius 1 is 1.44 bits per heavy atom. The molecule has 1 aromatic heterocycles. The summed E-state index contributed by atoms with van der Waals surface area (Å²) in [6.07, 6.45) is 2.02. The Bertz CT molecular complexity index is 399. The summed E-state index contributed by atoms with van der Waals surface area (Å²) in [6.45, 7) is 6.65. The first-order valence-corrected chi connectivity index (χ1v) is 6.23. The number of nitrogens with zero attached hydrogens (tertiary/aromatic N) is 2. The Hall–Kier alpha value is -1.36. The third-order valence-corrected chi connectivity index (χ3v) is 2.81. The van der Waals surface area contributed by atoms with Gasteiger partial charge in [0.25, 0.3) is 0 Å². The molecule has 0 aliphatic rings. The van der Waals surface area contributed by atoms with Crippen LogP contribution in [0, 0.1) is 5.92 Å². The summed E-state index contributed by atoms with van der Waals surface area (Å²) in [7, 11) is 3.09. The van der Waals surface area contributed by atoms with Crippen molar-refractivity contribution in [2.75, 3.05) is 14.2 Å². The highest BCUT2D eigenvalue weighted by Crippen LogP contribution is 2.22. The van der Waals surface area contributed by atoms with Gasteiger partial charge in [-0.25, -0.2) is 0 Å². The maximum Gasteiger partial charge on any atom is 0.213 e. The van der Waals surface area contributed by atoms with Crippen LogP contribution in [0.3, 0.4) is 0 Å². The Morgan fingerprint density at radius 2 is 2.11 bits per heavy atom. The molecule has 1 aromatic rings. The summed E-state index contributed by atoms with van der Waals surface area (Å²) < 4.78 is 12.2. The molecule has 0 aliphatic carbocycles. The van der Waals surface area contributed by atoms with Crippen LogP contribution < -0.4 is 4.74 Å². The lowest BCUT2D eigenvalue weighted by Gasteiger charge is -2.18. The van der Waals surface area contributed by atoms with E-state index >= 15 is 0 Å². The van der Waals surface area contributed by atoms with Crippen molar-refractivity contribution in [2.45, 2.75) is 39.8 Å². The maximum absolute atomic E-state index is 12.5. The molecule has 18 heavy (non-hydrogen) atoms. The number of hydrogen-bond acceptors (Lipinski definition) is 4. The topological polar surface area (TPSA) is 53.4 Å². The Balaban J connectivity index is 3.12. The van der Waals surface area contributed by atoms with Gasteiger partial charge in [0.05, 0.1) is 13.3 Å². The lowest BCUT2D eigenvalue weighted by atomic mass is 10.0. The zero-order valence-electron chi connectivity index (χ0n) is 11.8. The lowest BCUT2D eigenvalue weighted by Crippen LogP contribution is -2.30. The van der Waals surface area contributed by atoms with E-state index in [2.05, 4.69) is 5.10 Å². The van der Waals surface area contributed by atoms with Crippen LogP contribution in [0.4, 0.5) is 0 Å². The Labute approximate surface area is 108 Å². The number of Topliss-reactive ketones (excluding diaryl/α,β-unsaturated/α-hetero) is 1. The molecule has 5 nitrogen and oxygen atoms in total. The van der Waals surface area contributed by atoms with Gasteiger partial charge in [0.15, 0.2) is 5.75 Å². The van der Waals surface area contributed by atoms with E-state index in [0.717, 1.165) is 6.42 Å². The largest absolute Gasteiger partial charge is 0.493 e. The highest BCUT2D eigenvalue weighted by molar-refractivity contribution is 6.00.